The molecule has 1 aromatic carbocycles. The van der Waals surface area contributed by atoms with Gasteiger partial charge in [0.1, 0.15) is 6.54 Å². The van der Waals surface area contributed by atoms with Crippen molar-refractivity contribution >= 4 is 35.8 Å². The normalized spacial score (nSPS) is 14.1. The minimum atomic E-state index is -4.79. The molecule has 40 heavy (non-hydrogen) atoms. The topological polar surface area (TPSA) is 79.8 Å². The van der Waals surface area contributed by atoms with E-state index in [1.807, 2.05) is 0 Å². The Bertz CT molecular complexity index is 1380. The molecule has 0 aliphatic carbocycles. The third-order valence-corrected chi connectivity index (χ3v) is 11.9. The quantitative estimate of drug-likeness (QED) is 0.187. The van der Waals surface area contributed by atoms with Gasteiger partial charge in [0, 0.05) is 10.6 Å². The van der Waals surface area contributed by atoms with E-state index < -0.39 is 63.6 Å². The molecule has 0 aliphatic heterocycles. The Hall–Kier alpha value is -2.17. The molecule has 0 amide bonds. The molecule has 0 fully saturated rings. The number of alkyl halides is 6. The Labute approximate surface area is 240 Å². The van der Waals surface area contributed by atoms with Gasteiger partial charge in [-0.05, 0) is 58.3 Å². The first kappa shape index (κ1) is 32.3. The van der Waals surface area contributed by atoms with Crippen molar-refractivity contribution in [3.05, 3.63) is 50.3 Å². The maximum atomic E-state index is 14.2. The second-order valence-corrected chi connectivity index (χ2v) is 16.6. The molecule has 0 unspecified atom stereocenters. The van der Waals surface area contributed by atoms with Crippen LogP contribution >= 0.6 is 27.5 Å². The summed E-state index contributed by atoms with van der Waals surface area (Å²) in [5.74, 6) is -0.140. The van der Waals surface area contributed by atoms with Crippen LogP contribution < -0.4 is 5.69 Å². The summed E-state index contributed by atoms with van der Waals surface area (Å²) < 4.78 is 89.0. The van der Waals surface area contributed by atoms with Gasteiger partial charge in [-0.2, -0.15) is 31.4 Å². The minimum Gasteiger partial charge on any atom is -0.404 e. The highest BCUT2D eigenvalue weighted by atomic mass is 79.9. The number of halogens is 8. The van der Waals surface area contributed by atoms with Crippen molar-refractivity contribution in [3.63, 3.8) is 0 Å². The highest BCUT2D eigenvalue weighted by Gasteiger charge is 2.48. The summed E-state index contributed by atoms with van der Waals surface area (Å²) in [6.07, 6.45) is -12.7. The number of benzene rings is 1. The van der Waals surface area contributed by atoms with Crippen molar-refractivity contribution in [3.8, 4) is 11.4 Å². The molecule has 8 nitrogen and oxygen atoms in total. The third-order valence-electron chi connectivity index (χ3n) is 6.55. The first-order chi connectivity index (χ1) is 18.2. The summed E-state index contributed by atoms with van der Waals surface area (Å²) in [5.41, 5.74) is -0.584. The fourth-order valence-corrected chi connectivity index (χ4v) is 5.23. The van der Waals surface area contributed by atoms with Crippen LogP contribution in [0.2, 0.25) is 23.2 Å². The molecule has 3 aromatic rings. The molecule has 0 saturated heterocycles. The van der Waals surface area contributed by atoms with Crippen LogP contribution in [0.15, 0.2) is 33.8 Å². The average Bonchev–Trinajstić information content (AvgIpc) is 3.30. The van der Waals surface area contributed by atoms with E-state index in [1.165, 1.54) is 24.3 Å². The summed E-state index contributed by atoms with van der Waals surface area (Å²) in [6, 6.07) is 6.00. The van der Waals surface area contributed by atoms with E-state index in [1.54, 1.807) is 33.9 Å². The first-order valence-electron chi connectivity index (χ1n) is 12.0. The van der Waals surface area contributed by atoms with E-state index in [0.29, 0.717) is 10.6 Å². The van der Waals surface area contributed by atoms with Gasteiger partial charge in [-0.25, -0.2) is 19.1 Å². The van der Waals surface area contributed by atoms with Gasteiger partial charge < -0.3 is 4.43 Å². The number of hydrogen-bond acceptors (Lipinski definition) is 5. The van der Waals surface area contributed by atoms with Crippen LogP contribution in [0.3, 0.4) is 0 Å². The molecule has 0 saturated carbocycles. The van der Waals surface area contributed by atoms with Crippen LogP contribution in [0.25, 0.3) is 11.4 Å². The molecule has 0 bridgehead atoms. The Morgan fingerprint density at radius 2 is 1.62 bits per heavy atom. The molecular formula is C23H28BrClF6N6O2Si. The molecule has 0 spiro atoms. The van der Waals surface area contributed by atoms with Gasteiger partial charge >= 0.3 is 18.0 Å². The van der Waals surface area contributed by atoms with Crippen LogP contribution in [-0.2, 0) is 24.1 Å². The Kier molecular flexibility index (Phi) is 9.38. The molecule has 222 valence electrons. The Balaban J connectivity index is 2.03. The number of rotatable bonds is 9. The maximum Gasteiger partial charge on any atom is 0.415 e. The highest BCUT2D eigenvalue weighted by molar-refractivity contribution is 9.10. The average molecular weight is 678 g/mol. The van der Waals surface area contributed by atoms with Crippen molar-refractivity contribution in [2.24, 2.45) is 0 Å². The summed E-state index contributed by atoms with van der Waals surface area (Å²) in [7, 11) is -2.92. The van der Waals surface area contributed by atoms with Crippen LogP contribution in [-0.4, -0.2) is 55.9 Å². The van der Waals surface area contributed by atoms with E-state index >= 15 is 0 Å². The molecular weight excluding hydrogens is 650 g/mol. The monoisotopic (exact) mass is 676 g/mol. The standard InChI is InChI=1S/C23H28BrClF6N6O2Si/c1-21(2,3)40(4,5)39-16(23(29,30)31)12-35-18(14-6-8-15(25)9-7-14)34-37(20(35)38)13-17-32-19(24)36(33-17)11-10-22(26,27)28/h6-9,16H,10-13H2,1-5H3/t16-/m0/s1. The van der Waals surface area contributed by atoms with Crippen LogP contribution in [0.4, 0.5) is 26.3 Å². The number of aryl methyl sites for hydroxylation is 1. The second kappa shape index (κ2) is 11.6. The highest BCUT2D eigenvalue weighted by Crippen LogP contribution is 2.40. The van der Waals surface area contributed by atoms with Crippen LogP contribution in [0, 0.1) is 0 Å². The van der Waals surface area contributed by atoms with Crippen molar-refractivity contribution in [1.82, 2.24) is 29.1 Å². The Morgan fingerprint density at radius 1 is 1.02 bits per heavy atom. The van der Waals surface area contributed by atoms with Gasteiger partial charge in [-0.15, -0.1) is 5.10 Å². The maximum absolute atomic E-state index is 14.2. The minimum absolute atomic E-state index is 0.00272. The number of nitrogens with zero attached hydrogens (tertiary/aromatic N) is 6. The van der Waals surface area contributed by atoms with E-state index in [0.717, 1.165) is 13.9 Å². The summed E-state index contributed by atoms with van der Waals surface area (Å²) in [5, 5.41) is 8.05. The number of hydrogen-bond donors (Lipinski definition) is 0. The largest absolute Gasteiger partial charge is 0.415 e. The number of aromatic nitrogens is 6. The molecule has 0 radical (unpaired) electrons. The fourth-order valence-electron chi connectivity index (χ4n) is 3.37. The van der Waals surface area contributed by atoms with Crippen molar-refractivity contribution in [2.45, 2.75) is 83.4 Å². The van der Waals surface area contributed by atoms with Crippen molar-refractivity contribution < 1.29 is 30.8 Å². The van der Waals surface area contributed by atoms with Gasteiger partial charge in [0.25, 0.3) is 0 Å². The Morgan fingerprint density at radius 3 is 2.15 bits per heavy atom. The van der Waals surface area contributed by atoms with Crippen molar-refractivity contribution in [2.75, 3.05) is 0 Å². The van der Waals surface area contributed by atoms with Crippen molar-refractivity contribution in [1.29, 1.82) is 0 Å². The zero-order chi connectivity index (χ0) is 30.3. The lowest BCUT2D eigenvalue weighted by molar-refractivity contribution is -0.202. The van der Waals surface area contributed by atoms with Gasteiger partial charge in [-0.3, -0.25) is 4.57 Å². The van der Waals surface area contributed by atoms with Crippen LogP contribution in [0.5, 0.6) is 0 Å². The molecule has 2 heterocycles. The zero-order valence-electron chi connectivity index (χ0n) is 22.2. The zero-order valence-corrected chi connectivity index (χ0v) is 25.6. The summed E-state index contributed by atoms with van der Waals surface area (Å²) in [6.45, 7) is 6.97. The lowest BCUT2D eigenvalue weighted by atomic mass is 10.2. The lowest BCUT2D eigenvalue weighted by Gasteiger charge is -2.39. The van der Waals surface area contributed by atoms with Crippen LogP contribution in [0.1, 0.15) is 33.0 Å². The molecule has 1 atom stereocenters. The van der Waals surface area contributed by atoms with Gasteiger partial charge in [0.2, 0.25) is 0 Å². The summed E-state index contributed by atoms with van der Waals surface area (Å²) in [4.78, 5) is 17.4. The first-order valence-corrected chi connectivity index (χ1v) is 16.1. The van der Waals surface area contributed by atoms with E-state index in [4.69, 9.17) is 16.0 Å². The molecule has 0 N–H and O–H groups in total. The molecule has 3 rings (SSSR count). The van der Waals surface area contributed by atoms with Gasteiger partial charge in [0.15, 0.2) is 30.8 Å². The predicted octanol–water partition coefficient (Wildman–Crippen LogP) is 6.67. The van der Waals surface area contributed by atoms with Gasteiger partial charge in [0.05, 0.1) is 19.5 Å². The molecule has 2 aromatic heterocycles. The second-order valence-electron chi connectivity index (χ2n) is 10.7. The summed E-state index contributed by atoms with van der Waals surface area (Å²) >= 11 is 9.00. The molecule has 0 aliphatic rings. The smallest absolute Gasteiger partial charge is 0.404 e. The lowest BCUT2D eigenvalue weighted by Crippen LogP contribution is -2.50. The molecule has 17 heteroatoms. The van der Waals surface area contributed by atoms with E-state index in [-0.39, 0.29) is 16.4 Å². The van der Waals surface area contributed by atoms with E-state index in [9.17, 15) is 31.1 Å². The predicted molar refractivity (Wildman–Crippen MR) is 143 cm³/mol. The van der Waals surface area contributed by atoms with Gasteiger partial charge in [-0.1, -0.05) is 32.4 Å². The third kappa shape index (κ3) is 7.97. The fraction of sp³-hybridized carbons (Fsp3) is 0.565. The van der Waals surface area contributed by atoms with E-state index in [2.05, 4.69) is 31.1 Å². The SMILES string of the molecule is CC(C)(C)[Si](C)(C)O[C@@H](Cn1c(-c2ccc(Cl)cc2)nn(Cc2nc(Br)n(CCC(F)(F)F)n2)c1=O)C(F)(F)F.